The summed E-state index contributed by atoms with van der Waals surface area (Å²) in [6.07, 6.45) is -0.937. The predicted octanol–water partition coefficient (Wildman–Crippen LogP) is 3.82. The molecular formula is C16H17FO3. The molecule has 0 unspecified atom stereocenters. The third kappa shape index (κ3) is 3.35. The van der Waals surface area contributed by atoms with Gasteiger partial charge in [-0.3, -0.25) is 0 Å². The molecule has 0 bridgehead atoms. The van der Waals surface area contributed by atoms with Gasteiger partial charge in [0.1, 0.15) is 17.3 Å². The molecule has 2 aromatic rings. The monoisotopic (exact) mass is 276 g/mol. The summed E-state index contributed by atoms with van der Waals surface area (Å²) in [5.41, 5.74) is 1.12. The Labute approximate surface area is 117 Å². The molecule has 0 amide bonds. The Kier molecular flexibility index (Phi) is 4.71. The Morgan fingerprint density at radius 3 is 2.65 bits per heavy atom. The lowest BCUT2D eigenvalue weighted by Crippen LogP contribution is -2.00. The molecule has 0 aliphatic rings. The van der Waals surface area contributed by atoms with Gasteiger partial charge in [-0.1, -0.05) is 18.2 Å². The lowest BCUT2D eigenvalue weighted by atomic mass is 10.1. The number of hydrogen-bond donors (Lipinski definition) is 1. The minimum absolute atomic E-state index is 0.157. The van der Waals surface area contributed by atoms with Gasteiger partial charge in [0.2, 0.25) is 0 Å². The van der Waals surface area contributed by atoms with E-state index < -0.39 is 11.9 Å². The number of halogens is 1. The third-order valence-electron chi connectivity index (χ3n) is 2.87. The van der Waals surface area contributed by atoms with Crippen LogP contribution in [-0.4, -0.2) is 12.2 Å². The fourth-order valence-electron chi connectivity index (χ4n) is 2.00. The van der Waals surface area contributed by atoms with Gasteiger partial charge >= 0.3 is 0 Å². The van der Waals surface area contributed by atoms with Gasteiger partial charge in [-0.05, 0) is 36.8 Å². The van der Waals surface area contributed by atoms with E-state index in [1.807, 2.05) is 18.2 Å². The maximum atomic E-state index is 13.7. The maximum Gasteiger partial charge on any atom is 0.136 e. The van der Waals surface area contributed by atoms with Crippen LogP contribution in [0.1, 0.15) is 24.2 Å². The van der Waals surface area contributed by atoms with Crippen molar-refractivity contribution in [1.82, 2.24) is 0 Å². The summed E-state index contributed by atoms with van der Waals surface area (Å²) in [6.45, 7) is 1.98. The molecular weight excluding hydrogens is 259 g/mol. The maximum absolute atomic E-state index is 13.7. The summed E-state index contributed by atoms with van der Waals surface area (Å²) >= 11 is 0. The minimum Gasteiger partial charge on any atom is -0.457 e. The van der Waals surface area contributed by atoms with Crippen molar-refractivity contribution in [2.75, 3.05) is 7.11 Å². The van der Waals surface area contributed by atoms with Crippen molar-refractivity contribution in [3.8, 4) is 11.5 Å². The highest BCUT2D eigenvalue weighted by molar-refractivity contribution is 5.40. The van der Waals surface area contributed by atoms with Gasteiger partial charge < -0.3 is 14.6 Å². The van der Waals surface area contributed by atoms with Gasteiger partial charge in [0.15, 0.2) is 0 Å². The fourth-order valence-corrected chi connectivity index (χ4v) is 2.00. The lowest BCUT2D eigenvalue weighted by Gasteiger charge is -2.14. The largest absolute Gasteiger partial charge is 0.457 e. The fraction of sp³-hybridized carbons (Fsp3) is 0.250. The quantitative estimate of drug-likeness (QED) is 0.902. The standard InChI is InChI=1S/C16H17FO3/c1-11(18)16-14(17)7-4-8-15(16)20-13-6-3-5-12(9-13)10-19-2/h3-9,11,18H,10H2,1-2H3/t11-/m0/s1. The number of benzene rings is 2. The zero-order chi connectivity index (χ0) is 14.5. The highest BCUT2D eigenvalue weighted by Crippen LogP contribution is 2.31. The van der Waals surface area contributed by atoms with Crippen molar-refractivity contribution >= 4 is 0 Å². The molecule has 1 atom stereocenters. The highest BCUT2D eigenvalue weighted by Gasteiger charge is 2.15. The van der Waals surface area contributed by atoms with Crippen molar-refractivity contribution in [3.05, 3.63) is 59.4 Å². The molecule has 0 aromatic heterocycles. The summed E-state index contributed by atoms with van der Waals surface area (Å²) in [7, 11) is 1.62. The molecule has 20 heavy (non-hydrogen) atoms. The first-order valence-electron chi connectivity index (χ1n) is 6.34. The van der Waals surface area contributed by atoms with E-state index in [0.717, 1.165) is 5.56 Å². The topological polar surface area (TPSA) is 38.7 Å². The summed E-state index contributed by atoms with van der Waals surface area (Å²) < 4.78 is 24.5. The first-order valence-corrected chi connectivity index (χ1v) is 6.34. The predicted molar refractivity (Wildman–Crippen MR) is 74.3 cm³/mol. The van der Waals surface area contributed by atoms with Crippen molar-refractivity contribution < 1.29 is 19.0 Å². The number of aliphatic hydroxyl groups excluding tert-OH is 1. The van der Waals surface area contributed by atoms with E-state index in [4.69, 9.17) is 9.47 Å². The summed E-state index contributed by atoms with van der Waals surface area (Å²) in [5.74, 6) is 0.409. The Morgan fingerprint density at radius 1 is 1.20 bits per heavy atom. The van der Waals surface area contributed by atoms with Crippen molar-refractivity contribution in [2.24, 2.45) is 0 Å². The molecule has 4 heteroatoms. The average Bonchev–Trinajstić information content (AvgIpc) is 2.39. The van der Waals surface area contributed by atoms with Crippen LogP contribution in [0.2, 0.25) is 0 Å². The third-order valence-corrected chi connectivity index (χ3v) is 2.87. The molecule has 0 aliphatic heterocycles. The molecule has 0 aliphatic carbocycles. The van der Waals surface area contributed by atoms with Crippen LogP contribution in [-0.2, 0) is 11.3 Å². The van der Waals surface area contributed by atoms with Crippen molar-refractivity contribution in [1.29, 1.82) is 0 Å². The highest BCUT2D eigenvalue weighted by atomic mass is 19.1. The smallest absolute Gasteiger partial charge is 0.136 e. The second-order valence-electron chi connectivity index (χ2n) is 4.51. The number of rotatable bonds is 5. The van der Waals surface area contributed by atoms with Gasteiger partial charge in [-0.25, -0.2) is 4.39 Å². The molecule has 0 radical (unpaired) electrons. The Balaban J connectivity index is 2.30. The minimum atomic E-state index is -0.937. The van der Waals surface area contributed by atoms with Gasteiger partial charge in [-0.2, -0.15) is 0 Å². The number of methoxy groups -OCH3 is 1. The van der Waals surface area contributed by atoms with Gasteiger partial charge in [0.25, 0.3) is 0 Å². The van der Waals surface area contributed by atoms with Gasteiger partial charge in [0, 0.05) is 7.11 Å². The normalized spacial score (nSPS) is 12.2. The summed E-state index contributed by atoms with van der Waals surface area (Å²) in [4.78, 5) is 0. The molecule has 0 spiro atoms. The second kappa shape index (κ2) is 6.50. The summed E-state index contributed by atoms with van der Waals surface area (Å²) in [5, 5.41) is 9.66. The molecule has 2 rings (SSSR count). The van der Waals surface area contributed by atoms with E-state index in [2.05, 4.69) is 0 Å². The van der Waals surface area contributed by atoms with E-state index in [9.17, 15) is 9.50 Å². The molecule has 0 heterocycles. The van der Waals surface area contributed by atoms with Crippen molar-refractivity contribution in [3.63, 3.8) is 0 Å². The van der Waals surface area contributed by atoms with Gasteiger partial charge in [0.05, 0.1) is 18.3 Å². The van der Waals surface area contributed by atoms with Crippen LogP contribution in [0.3, 0.4) is 0 Å². The Bertz CT molecular complexity index is 582. The van der Waals surface area contributed by atoms with E-state index >= 15 is 0 Å². The van der Waals surface area contributed by atoms with Crippen LogP contribution in [0.15, 0.2) is 42.5 Å². The molecule has 1 N–H and O–H groups in total. The van der Waals surface area contributed by atoms with Crippen LogP contribution in [0, 0.1) is 5.82 Å². The van der Waals surface area contributed by atoms with E-state index in [-0.39, 0.29) is 5.56 Å². The van der Waals surface area contributed by atoms with Crippen molar-refractivity contribution in [2.45, 2.75) is 19.6 Å². The molecule has 2 aromatic carbocycles. The zero-order valence-corrected chi connectivity index (χ0v) is 11.5. The Morgan fingerprint density at radius 2 is 1.95 bits per heavy atom. The second-order valence-corrected chi connectivity index (χ2v) is 4.51. The molecule has 3 nitrogen and oxygen atoms in total. The zero-order valence-electron chi connectivity index (χ0n) is 11.5. The van der Waals surface area contributed by atoms with Crippen LogP contribution >= 0.6 is 0 Å². The summed E-state index contributed by atoms with van der Waals surface area (Å²) in [6, 6.07) is 11.8. The Hall–Kier alpha value is -1.91. The molecule has 106 valence electrons. The van der Waals surface area contributed by atoms with Gasteiger partial charge in [-0.15, -0.1) is 0 Å². The van der Waals surface area contributed by atoms with E-state index in [1.54, 1.807) is 25.3 Å². The van der Waals surface area contributed by atoms with Crippen LogP contribution in [0.4, 0.5) is 4.39 Å². The molecule has 0 saturated carbocycles. The molecule has 0 saturated heterocycles. The first-order chi connectivity index (χ1) is 9.61. The SMILES string of the molecule is COCc1cccc(Oc2cccc(F)c2[C@H](C)O)c1. The first kappa shape index (κ1) is 14.5. The lowest BCUT2D eigenvalue weighted by molar-refractivity contribution is 0.184. The van der Waals surface area contributed by atoms with Crippen LogP contribution in [0.5, 0.6) is 11.5 Å². The number of hydrogen-bond acceptors (Lipinski definition) is 3. The average molecular weight is 276 g/mol. The van der Waals surface area contributed by atoms with Crippen LogP contribution in [0.25, 0.3) is 0 Å². The number of aliphatic hydroxyl groups is 1. The van der Waals surface area contributed by atoms with E-state index in [1.165, 1.54) is 13.0 Å². The van der Waals surface area contributed by atoms with Crippen LogP contribution < -0.4 is 4.74 Å². The number of ether oxygens (including phenoxy) is 2. The molecule has 0 fully saturated rings. The van der Waals surface area contributed by atoms with E-state index in [0.29, 0.717) is 18.1 Å².